The van der Waals surface area contributed by atoms with Crippen LogP contribution >= 0.6 is 0 Å². The van der Waals surface area contributed by atoms with E-state index in [0.29, 0.717) is 92.4 Å². The van der Waals surface area contributed by atoms with E-state index >= 15 is 0 Å². The minimum atomic E-state index is -0.190. The maximum Gasteiger partial charge on any atom is 0.233 e. The second-order valence-electron chi connectivity index (χ2n) is 17.3. The minimum Gasteiger partial charge on any atom is -0.378 e. The first-order valence-electron chi connectivity index (χ1n) is 25.7. The fourth-order valence-corrected chi connectivity index (χ4v) is 8.15. The summed E-state index contributed by atoms with van der Waals surface area (Å²) in [5.74, 6) is -0.0982. The molecule has 63 heavy (non-hydrogen) atoms. The SMILES string of the molecule is CCCCCCCCCCN1CCOCCOCCN(CCCCCCCCCCN2CCOCCOCCN(C(=O)C3C=CC=C3)CCOCCOCC2)CCOCCOCC1. The van der Waals surface area contributed by atoms with E-state index in [2.05, 4.69) is 21.6 Å². The van der Waals surface area contributed by atoms with Crippen LogP contribution in [-0.2, 0) is 42.7 Å². The molecule has 1 amide bonds. The third-order valence-electron chi connectivity index (χ3n) is 12.2. The molecule has 0 saturated carbocycles. The monoisotopic (exact) mass is 895 g/mol. The van der Waals surface area contributed by atoms with Crippen LogP contribution < -0.4 is 0 Å². The number of carbonyl (C=O) groups excluding carboxylic acids is 1. The van der Waals surface area contributed by atoms with Gasteiger partial charge < -0.3 is 42.8 Å². The summed E-state index contributed by atoms with van der Waals surface area (Å²) in [7, 11) is 0. The van der Waals surface area contributed by atoms with Crippen LogP contribution in [0.2, 0.25) is 0 Å². The highest BCUT2D eigenvalue weighted by atomic mass is 16.5. The first kappa shape index (κ1) is 55.8. The molecule has 13 nitrogen and oxygen atoms in total. The fourth-order valence-electron chi connectivity index (χ4n) is 8.15. The van der Waals surface area contributed by atoms with Crippen molar-refractivity contribution in [2.45, 2.75) is 110 Å². The topological polar surface area (TPSA) is 104 Å². The van der Waals surface area contributed by atoms with Crippen molar-refractivity contribution in [1.29, 1.82) is 0 Å². The molecule has 0 spiro atoms. The first-order valence-corrected chi connectivity index (χ1v) is 25.7. The number of allylic oxidation sites excluding steroid dienone is 2. The smallest absolute Gasteiger partial charge is 0.233 e. The van der Waals surface area contributed by atoms with E-state index in [0.717, 1.165) is 85.3 Å². The molecule has 1 aliphatic carbocycles. The molecular formula is C50H94N4O9. The number of hydrogen-bond donors (Lipinski definition) is 0. The van der Waals surface area contributed by atoms with Gasteiger partial charge >= 0.3 is 0 Å². The lowest BCUT2D eigenvalue weighted by molar-refractivity contribution is -0.134. The number of carbonyl (C=O) groups is 1. The Bertz CT molecular complexity index is 1040. The molecule has 0 aromatic rings. The fraction of sp³-hybridized carbons (Fsp3) is 0.900. The third kappa shape index (κ3) is 32.0. The maximum absolute atomic E-state index is 12.9. The highest BCUT2D eigenvalue weighted by Gasteiger charge is 2.21. The molecule has 2 heterocycles. The van der Waals surface area contributed by atoms with Gasteiger partial charge in [0.1, 0.15) is 0 Å². The molecule has 368 valence electrons. The van der Waals surface area contributed by atoms with Gasteiger partial charge in [0.25, 0.3) is 0 Å². The molecular weight excluding hydrogens is 801 g/mol. The van der Waals surface area contributed by atoms with Crippen LogP contribution in [0.1, 0.15) is 110 Å². The summed E-state index contributed by atoms with van der Waals surface area (Å²) in [5, 5.41) is 0. The van der Waals surface area contributed by atoms with Crippen molar-refractivity contribution in [3.8, 4) is 0 Å². The summed E-state index contributed by atoms with van der Waals surface area (Å²) in [4.78, 5) is 22.3. The lowest BCUT2D eigenvalue weighted by atomic mass is 10.1. The van der Waals surface area contributed by atoms with Crippen molar-refractivity contribution in [2.24, 2.45) is 5.92 Å². The Morgan fingerprint density at radius 1 is 0.365 bits per heavy atom. The highest BCUT2D eigenvalue weighted by molar-refractivity contribution is 5.83. The van der Waals surface area contributed by atoms with Gasteiger partial charge in [-0.05, 0) is 38.9 Å². The zero-order valence-corrected chi connectivity index (χ0v) is 40.3. The predicted molar refractivity (Wildman–Crippen MR) is 254 cm³/mol. The van der Waals surface area contributed by atoms with Gasteiger partial charge in [-0.1, -0.05) is 115 Å². The number of rotatable bonds is 21. The number of amides is 1. The number of nitrogens with zero attached hydrogens (tertiary/aromatic N) is 4. The Kier molecular flexibility index (Phi) is 37.1. The minimum absolute atomic E-state index is 0.0913. The van der Waals surface area contributed by atoms with Crippen molar-refractivity contribution in [1.82, 2.24) is 19.6 Å². The average molecular weight is 895 g/mol. The van der Waals surface area contributed by atoms with Crippen molar-refractivity contribution in [3.05, 3.63) is 24.3 Å². The maximum atomic E-state index is 12.9. The van der Waals surface area contributed by atoms with E-state index in [1.807, 2.05) is 29.2 Å². The summed E-state index contributed by atoms with van der Waals surface area (Å²) >= 11 is 0. The van der Waals surface area contributed by atoms with Crippen LogP contribution in [0, 0.1) is 5.92 Å². The van der Waals surface area contributed by atoms with Gasteiger partial charge in [0.05, 0.1) is 112 Å². The number of ether oxygens (including phenoxy) is 8. The molecule has 0 aromatic carbocycles. The predicted octanol–water partition coefficient (Wildman–Crippen LogP) is 6.88. The molecule has 0 unspecified atom stereocenters. The highest BCUT2D eigenvalue weighted by Crippen LogP contribution is 2.14. The van der Waals surface area contributed by atoms with Crippen LogP contribution in [-0.4, -0.2) is 203 Å². The van der Waals surface area contributed by atoms with E-state index < -0.39 is 0 Å². The summed E-state index contributed by atoms with van der Waals surface area (Å²) in [5.41, 5.74) is 0. The Labute approximate surface area is 384 Å². The Hall–Kier alpha value is -1.49. The molecule has 3 rings (SSSR count). The molecule has 0 atom stereocenters. The quantitative estimate of drug-likeness (QED) is 0.112. The molecule has 0 N–H and O–H groups in total. The van der Waals surface area contributed by atoms with Crippen LogP contribution in [0.25, 0.3) is 0 Å². The van der Waals surface area contributed by atoms with E-state index in [4.69, 9.17) is 37.9 Å². The van der Waals surface area contributed by atoms with E-state index in [1.54, 1.807) is 0 Å². The van der Waals surface area contributed by atoms with Crippen molar-refractivity contribution >= 4 is 5.91 Å². The molecule has 3 aliphatic rings. The second kappa shape index (κ2) is 41.9. The Balaban J connectivity index is 1.19. The van der Waals surface area contributed by atoms with Gasteiger partial charge in [-0.15, -0.1) is 0 Å². The number of unbranched alkanes of at least 4 members (excludes halogenated alkanes) is 14. The van der Waals surface area contributed by atoms with Crippen molar-refractivity contribution in [2.75, 3.05) is 178 Å². The molecule has 13 heteroatoms. The normalized spacial score (nSPS) is 21.2. The van der Waals surface area contributed by atoms with Crippen LogP contribution in [0.3, 0.4) is 0 Å². The van der Waals surface area contributed by atoms with Gasteiger partial charge in [-0.25, -0.2) is 0 Å². The van der Waals surface area contributed by atoms with E-state index in [9.17, 15) is 4.79 Å². The van der Waals surface area contributed by atoms with E-state index in [-0.39, 0.29) is 11.8 Å². The zero-order chi connectivity index (χ0) is 44.4. The summed E-state index contributed by atoms with van der Waals surface area (Å²) < 4.78 is 47.4. The van der Waals surface area contributed by atoms with Gasteiger partial charge in [0.2, 0.25) is 5.91 Å². The molecule has 0 bridgehead atoms. The molecule has 2 aliphatic heterocycles. The van der Waals surface area contributed by atoms with Crippen LogP contribution in [0.15, 0.2) is 24.3 Å². The van der Waals surface area contributed by atoms with Crippen molar-refractivity contribution in [3.63, 3.8) is 0 Å². The average Bonchev–Trinajstić information content (AvgIpc) is 3.84. The largest absolute Gasteiger partial charge is 0.378 e. The second-order valence-corrected chi connectivity index (χ2v) is 17.3. The molecule has 0 radical (unpaired) electrons. The van der Waals surface area contributed by atoms with E-state index in [1.165, 1.54) is 103 Å². The number of hydrogen-bond acceptors (Lipinski definition) is 12. The zero-order valence-electron chi connectivity index (χ0n) is 40.3. The summed E-state index contributed by atoms with van der Waals surface area (Å²) in [6, 6.07) is 0. The third-order valence-corrected chi connectivity index (χ3v) is 12.2. The molecule has 2 fully saturated rings. The molecule has 0 aromatic heterocycles. The van der Waals surface area contributed by atoms with Gasteiger partial charge in [0, 0.05) is 52.4 Å². The standard InChI is InChI=1S/C50H94N4O9/c1-2-3-4-5-6-9-12-17-22-51-25-33-56-41-43-58-35-27-52(28-36-59-44-42-57-34-26-51)23-18-13-10-7-8-11-14-19-24-53-29-37-60-45-47-62-39-31-54(50(55)49-20-15-16-21-49)32-40-63-48-46-61-38-30-53/h15-16,20-21,49H,2-14,17-19,22-48H2,1H3. The van der Waals surface area contributed by atoms with Crippen LogP contribution in [0.4, 0.5) is 0 Å². The lowest BCUT2D eigenvalue weighted by Gasteiger charge is -2.25. The van der Waals surface area contributed by atoms with Gasteiger partial charge in [-0.3, -0.25) is 19.5 Å². The van der Waals surface area contributed by atoms with Crippen LogP contribution in [0.5, 0.6) is 0 Å². The van der Waals surface area contributed by atoms with Gasteiger partial charge in [-0.2, -0.15) is 0 Å². The Morgan fingerprint density at radius 3 is 0.905 bits per heavy atom. The Morgan fingerprint density at radius 2 is 0.619 bits per heavy atom. The summed E-state index contributed by atoms with van der Waals surface area (Å²) in [6.45, 7) is 22.3. The molecule has 2 saturated heterocycles. The summed E-state index contributed by atoms with van der Waals surface area (Å²) in [6.07, 6.45) is 28.6. The van der Waals surface area contributed by atoms with Gasteiger partial charge in [0.15, 0.2) is 0 Å². The van der Waals surface area contributed by atoms with Crippen molar-refractivity contribution < 1.29 is 42.7 Å². The lowest BCUT2D eigenvalue weighted by Crippen LogP contribution is -2.39. The first-order chi connectivity index (χ1) is 31.3.